The summed E-state index contributed by atoms with van der Waals surface area (Å²) in [5.74, 6) is 1.73. The molecule has 1 aliphatic rings. The van der Waals surface area contributed by atoms with Crippen molar-refractivity contribution < 1.29 is 8.42 Å². The third-order valence-electron chi connectivity index (χ3n) is 3.40. The highest BCUT2D eigenvalue weighted by atomic mass is 32.2. The minimum absolute atomic E-state index is 0.200. The largest absolute Gasteiger partial charge is 0.319 e. The molecule has 102 valence electrons. The first-order valence-electron chi connectivity index (χ1n) is 6.08. The van der Waals surface area contributed by atoms with E-state index in [1.165, 1.54) is 4.80 Å². The van der Waals surface area contributed by atoms with Gasteiger partial charge in [-0.1, -0.05) is 0 Å². The average Bonchev–Trinajstić information content (AvgIpc) is 2.84. The molecule has 0 bridgehead atoms. The average molecular weight is 273 g/mol. The highest BCUT2D eigenvalue weighted by Crippen LogP contribution is 2.27. The number of hydrogen-bond acceptors (Lipinski definition) is 6. The molecule has 2 unspecified atom stereocenters. The standard InChI is InChI=1S/C10H19N5O2S/c1-11-6-9(5-10-12-14-15(2)13-10)8-3-4-18(16,17)7-8/h8-9,11H,3-7H2,1-2H3. The van der Waals surface area contributed by atoms with Crippen LogP contribution >= 0.6 is 0 Å². The molecule has 1 saturated heterocycles. The van der Waals surface area contributed by atoms with Gasteiger partial charge in [0.15, 0.2) is 15.7 Å². The zero-order valence-corrected chi connectivity index (χ0v) is 11.5. The van der Waals surface area contributed by atoms with Gasteiger partial charge < -0.3 is 5.32 Å². The van der Waals surface area contributed by atoms with Gasteiger partial charge in [0.25, 0.3) is 0 Å². The van der Waals surface area contributed by atoms with Crippen molar-refractivity contribution in [1.29, 1.82) is 0 Å². The summed E-state index contributed by atoms with van der Waals surface area (Å²) in [5, 5.41) is 15.1. The van der Waals surface area contributed by atoms with E-state index in [0.29, 0.717) is 23.8 Å². The predicted octanol–water partition coefficient (Wildman–Crippen LogP) is -0.977. The molecule has 7 nitrogen and oxygen atoms in total. The third kappa shape index (κ3) is 3.26. The Balaban J connectivity index is 2.04. The SMILES string of the molecule is CNCC(Cc1nnn(C)n1)C1CCS(=O)(=O)C1. The highest BCUT2D eigenvalue weighted by molar-refractivity contribution is 7.91. The lowest BCUT2D eigenvalue weighted by atomic mass is 9.88. The van der Waals surface area contributed by atoms with Crippen molar-refractivity contribution in [1.82, 2.24) is 25.5 Å². The van der Waals surface area contributed by atoms with E-state index in [1.54, 1.807) is 7.05 Å². The summed E-state index contributed by atoms with van der Waals surface area (Å²) in [5.41, 5.74) is 0. The van der Waals surface area contributed by atoms with Crippen LogP contribution in [0, 0.1) is 11.8 Å². The second-order valence-electron chi connectivity index (χ2n) is 4.88. The van der Waals surface area contributed by atoms with Crippen LogP contribution < -0.4 is 5.32 Å². The van der Waals surface area contributed by atoms with Crippen molar-refractivity contribution in [2.24, 2.45) is 18.9 Å². The van der Waals surface area contributed by atoms with E-state index in [2.05, 4.69) is 20.7 Å². The smallest absolute Gasteiger partial charge is 0.175 e. The first-order chi connectivity index (χ1) is 8.50. The predicted molar refractivity (Wildman–Crippen MR) is 66.7 cm³/mol. The van der Waals surface area contributed by atoms with Crippen LogP contribution in [0.15, 0.2) is 0 Å². The molecule has 8 heteroatoms. The molecular weight excluding hydrogens is 254 g/mol. The second kappa shape index (κ2) is 5.31. The van der Waals surface area contributed by atoms with Gasteiger partial charge in [0.1, 0.15) is 0 Å². The molecule has 0 aromatic carbocycles. The fourth-order valence-electron chi connectivity index (χ4n) is 2.50. The van der Waals surface area contributed by atoms with Crippen molar-refractivity contribution in [3.05, 3.63) is 5.82 Å². The first-order valence-corrected chi connectivity index (χ1v) is 7.90. The molecule has 1 aliphatic heterocycles. The van der Waals surface area contributed by atoms with Gasteiger partial charge in [-0.25, -0.2) is 8.42 Å². The summed E-state index contributed by atoms with van der Waals surface area (Å²) in [6, 6.07) is 0. The molecule has 2 heterocycles. The van der Waals surface area contributed by atoms with Crippen LogP contribution in [0.25, 0.3) is 0 Å². The van der Waals surface area contributed by atoms with Gasteiger partial charge in [-0.2, -0.15) is 4.80 Å². The minimum atomic E-state index is -2.84. The topological polar surface area (TPSA) is 89.8 Å². The molecule has 0 radical (unpaired) electrons. The molecule has 2 rings (SSSR count). The molecule has 1 aromatic heterocycles. The zero-order chi connectivity index (χ0) is 13.2. The maximum absolute atomic E-state index is 11.5. The number of aryl methyl sites for hydroxylation is 1. The van der Waals surface area contributed by atoms with Crippen LogP contribution in [0.4, 0.5) is 0 Å². The molecule has 0 saturated carbocycles. The van der Waals surface area contributed by atoms with Gasteiger partial charge in [0.2, 0.25) is 0 Å². The molecule has 1 N–H and O–H groups in total. The molecule has 1 fully saturated rings. The van der Waals surface area contributed by atoms with Crippen molar-refractivity contribution >= 4 is 9.84 Å². The van der Waals surface area contributed by atoms with Crippen LogP contribution in [0.3, 0.4) is 0 Å². The lowest BCUT2D eigenvalue weighted by Crippen LogP contribution is -2.29. The van der Waals surface area contributed by atoms with Crippen LogP contribution in [0.1, 0.15) is 12.2 Å². The Labute approximate surface area is 107 Å². The molecule has 0 spiro atoms. The van der Waals surface area contributed by atoms with Gasteiger partial charge in [-0.05, 0) is 37.1 Å². The van der Waals surface area contributed by atoms with Crippen LogP contribution in [-0.4, -0.2) is 53.7 Å². The van der Waals surface area contributed by atoms with E-state index in [4.69, 9.17) is 0 Å². The van der Waals surface area contributed by atoms with Gasteiger partial charge in [0.05, 0.1) is 18.6 Å². The van der Waals surface area contributed by atoms with E-state index >= 15 is 0 Å². The Morgan fingerprint density at radius 2 is 2.33 bits per heavy atom. The number of tetrazole rings is 1. The Morgan fingerprint density at radius 1 is 1.56 bits per heavy atom. The summed E-state index contributed by atoms with van der Waals surface area (Å²) in [6.07, 6.45) is 1.42. The summed E-state index contributed by atoms with van der Waals surface area (Å²) >= 11 is 0. The number of aromatic nitrogens is 4. The van der Waals surface area contributed by atoms with Crippen molar-refractivity contribution in [3.8, 4) is 0 Å². The van der Waals surface area contributed by atoms with Crippen LogP contribution in [-0.2, 0) is 23.3 Å². The van der Waals surface area contributed by atoms with E-state index in [0.717, 1.165) is 13.0 Å². The molecular formula is C10H19N5O2S. The fraction of sp³-hybridized carbons (Fsp3) is 0.900. The summed E-state index contributed by atoms with van der Waals surface area (Å²) < 4.78 is 23.1. The third-order valence-corrected chi connectivity index (χ3v) is 5.19. The van der Waals surface area contributed by atoms with E-state index in [1.807, 2.05) is 7.05 Å². The number of hydrogen-bond donors (Lipinski definition) is 1. The maximum atomic E-state index is 11.5. The number of sulfone groups is 1. The second-order valence-corrected chi connectivity index (χ2v) is 7.11. The Hall–Kier alpha value is -1.02. The lowest BCUT2D eigenvalue weighted by Gasteiger charge is -2.20. The number of nitrogens with one attached hydrogen (secondary N) is 1. The molecule has 0 aliphatic carbocycles. The zero-order valence-electron chi connectivity index (χ0n) is 10.7. The Kier molecular flexibility index (Phi) is 3.96. The Bertz CT molecular complexity index is 498. The number of nitrogens with zero attached hydrogens (tertiary/aromatic N) is 4. The van der Waals surface area contributed by atoms with Crippen molar-refractivity contribution in [3.63, 3.8) is 0 Å². The summed E-state index contributed by atoms with van der Waals surface area (Å²) in [7, 11) is 0.766. The van der Waals surface area contributed by atoms with Gasteiger partial charge in [0, 0.05) is 6.42 Å². The minimum Gasteiger partial charge on any atom is -0.319 e. The molecule has 0 amide bonds. The normalized spacial score (nSPS) is 24.2. The van der Waals surface area contributed by atoms with Crippen molar-refractivity contribution in [2.45, 2.75) is 12.8 Å². The van der Waals surface area contributed by atoms with E-state index < -0.39 is 9.84 Å². The van der Waals surface area contributed by atoms with Crippen LogP contribution in [0.5, 0.6) is 0 Å². The maximum Gasteiger partial charge on any atom is 0.175 e. The van der Waals surface area contributed by atoms with E-state index in [-0.39, 0.29) is 11.8 Å². The van der Waals surface area contributed by atoms with Gasteiger partial charge in [-0.3, -0.25) is 0 Å². The van der Waals surface area contributed by atoms with Crippen LogP contribution in [0.2, 0.25) is 0 Å². The fourth-order valence-corrected chi connectivity index (χ4v) is 4.42. The molecule has 18 heavy (non-hydrogen) atoms. The van der Waals surface area contributed by atoms with Gasteiger partial charge in [-0.15, -0.1) is 10.2 Å². The first kappa shape index (κ1) is 13.4. The monoisotopic (exact) mass is 273 g/mol. The Morgan fingerprint density at radius 3 is 2.83 bits per heavy atom. The highest BCUT2D eigenvalue weighted by Gasteiger charge is 2.33. The lowest BCUT2D eigenvalue weighted by molar-refractivity contribution is 0.346. The van der Waals surface area contributed by atoms with Gasteiger partial charge >= 0.3 is 0 Å². The summed E-state index contributed by atoms with van der Waals surface area (Å²) in [4.78, 5) is 1.43. The molecule has 2 atom stereocenters. The molecule has 1 aromatic rings. The quantitative estimate of drug-likeness (QED) is 0.742. The van der Waals surface area contributed by atoms with Crippen molar-refractivity contribution in [2.75, 3.05) is 25.1 Å². The number of rotatable bonds is 5. The van der Waals surface area contributed by atoms with E-state index in [9.17, 15) is 8.42 Å². The summed E-state index contributed by atoms with van der Waals surface area (Å²) in [6.45, 7) is 0.776.